The summed E-state index contributed by atoms with van der Waals surface area (Å²) in [4.78, 5) is 2.57. The van der Waals surface area contributed by atoms with Crippen LogP contribution < -0.4 is 0 Å². The molecule has 2 aliphatic rings. The molecule has 4 rings (SSSR count). The van der Waals surface area contributed by atoms with Crippen LogP contribution in [0.5, 0.6) is 0 Å². The number of nitrogens with one attached hydrogen (secondary N) is 1. The van der Waals surface area contributed by atoms with Crippen LogP contribution in [-0.2, 0) is 23.1 Å². The summed E-state index contributed by atoms with van der Waals surface area (Å²) < 4.78 is 5.54. The third-order valence-corrected chi connectivity index (χ3v) is 5.58. The minimum Gasteiger partial charge on any atom is -0.381 e. The van der Waals surface area contributed by atoms with Gasteiger partial charge in [0.05, 0.1) is 12.3 Å². The van der Waals surface area contributed by atoms with Crippen molar-refractivity contribution in [2.75, 3.05) is 26.3 Å². The normalized spacial score (nSPS) is 21.5. The van der Waals surface area contributed by atoms with Crippen molar-refractivity contribution in [1.29, 1.82) is 0 Å². The second-order valence-corrected chi connectivity index (χ2v) is 8.57. The van der Waals surface area contributed by atoms with Gasteiger partial charge in [-0.05, 0) is 23.3 Å². The van der Waals surface area contributed by atoms with Crippen LogP contribution in [0.1, 0.15) is 44.0 Å². The van der Waals surface area contributed by atoms with Gasteiger partial charge in [-0.1, -0.05) is 45.0 Å². The minimum atomic E-state index is 0.184. The number of hydrogen-bond acceptors (Lipinski definition) is 3. The third-order valence-electron chi connectivity index (χ3n) is 5.58. The van der Waals surface area contributed by atoms with E-state index in [1.54, 1.807) is 0 Å². The first-order valence-electron chi connectivity index (χ1n) is 9.48. The Kier molecular flexibility index (Phi) is 4.42. The van der Waals surface area contributed by atoms with Crippen molar-refractivity contribution in [3.05, 3.63) is 41.1 Å². The maximum absolute atomic E-state index is 5.54. The van der Waals surface area contributed by atoms with E-state index in [0.717, 1.165) is 45.0 Å². The standard InChI is InChI=1S/C21H29N3O/c1-21(2,3)17-6-4-16(5-7-17)20-18-13-24(10-8-19(18)22-23-20)12-15-9-11-25-14-15/h4-7,15H,8-14H2,1-3H3,(H,22,23). The van der Waals surface area contributed by atoms with E-state index in [4.69, 9.17) is 4.74 Å². The monoisotopic (exact) mass is 339 g/mol. The molecule has 134 valence electrons. The number of fused-ring (bicyclic) bond motifs is 1. The number of benzene rings is 1. The van der Waals surface area contributed by atoms with Gasteiger partial charge < -0.3 is 4.74 Å². The maximum atomic E-state index is 5.54. The van der Waals surface area contributed by atoms with Gasteiger partial charge in [-0.3, -0.25) is 10.00 Å². The second kappa shape index (κ2) is 6.58. The van der Waals surface area contributed by atoms with E-state index in [1.807, 2.05) is 0 Å². The average Bonchev–Trinajstić information content (AvgIpc) is 3.23. The summed E-state index contributed by atoms with van der Waals surface area (Å²) in [6.07, 6.45) is 2.27. The van der Waals surface area contributed by atoms with Crippen LogP contribution in [0.25, 0.3) is 11.3 Å². The molecule has 25 heavy (non-hydrogen) atoms. The zero-order chi connectivity index (χ0) is 17.4. The molecule has 1 fully saturated rings. The molecule has 0 bridgehead atoms. The lowest BCUT2D eigenvalue weighted by Gasteiger charge is -2.29. The van der Waals surface area contributed by atoms with Crippen molar-refractivity contribution in [3.63, 3.8) is 0 Å². The predicted octanol–water partition coefficient (Wildman–Crippen LogP) is 3.77. The molecule has 1 aromatic carbocycles. The summed E-state index contributed by atoms with van der Waals surface area (Å²) >= 11 is 0. The van der Waals surface area contributed by atoms with Gasteiger partial charge >= 0.3 is 0 Å². The Morgan fingerprint density at radius 2 is 2.04 bits per heavy atom. The van der Waals surface area contributed by atoms with Gasteiger partial charge in [-0.15, -0.1) is 0 Å². The van der Waals surface area contributed by atoms with Crippen LogP contribution >= 0.6 is 0 Å². The molecular weight excluding hydrogens is 310 g/mol. The van der Waals surface area contributed by atoms with Crippen LogP contribution in [0.2, 0.25) is 0 Å². The molecule has 4 heteroatoms. The molecule has 0 amide bonds. The van der Waals surface area contributed by atoms with Crippen LogP contribution in [0.3, 0.4) is 0 Å². The largest absolute Gasteiger partial charge is 0.381 e. The smallest absolute Gasteiger partial charge is 0.0968 e. The van der Waals surface area contributed by atoms with Crippen molar-refractivity contribution >= 4 is 0 Å². The summed E-state index contributed by atoms with van der Waals surface area (Å²) in [5.74, 6) is 0.697. The Balaban J connectivity index is 1.54. The molecule has 1 saturated heterocycles. The van der Waals surface area contributed by atoms with Crippen LogP contribution in [-0.4, -0.2) is 41.4 Å². The van der Waals surface area contributed by atoms with E-state index < -0.39 is 0 Å². The highest BCUT2D eigenvalue weighted by Crippen LogP contribution is 2.31. The Morgan fingerprint density at radius 1 is 1.24 bits per heavy atom. The molecule has 1 unspecified atom stereocenters. The summed E-state index contributed by atoms with van der Waals surface area (Å²) in [6, 6.07) is 8.93. The van der Waals surface area contributed by atoms with Crippen molar-refractivity contribution in [1.82, 2.24) is 15.1 Å². The fourth-order valence-corrected chi connectivity index (χ4v) is 3.97. The number of rotatable bonds is 3. The van der Waals surface area contributed by atoms with E-state index in [1.165, 1.54) is 28.8 Å². The lowest BCUT2D eigenvalue weighted by molar-refractivity contribution is 0.162. The number of ether oxygens (including phenoxy) is 1. The predicted molar refractivity (Wildman–Crippen MR) is 101 cm³/mol. The van der Waals surface area contributed by atoms with E-state index in [0.29, 0.717) is 5.92 Å². The first kappa shape index (κ1) is 16.8. The van der Waals surface area contributed by atoms with E-state index in [-0.39, 0.29) is 5.41 Å². The molecule has 2 aromatic rings. The highest BCUT2D eigenvalue weighted by Gasteiger charge is 2.26. The summed E-state index contributed by atoms with van der Waals surface area (Å²) in [5.41, 5.74) is 6.59. The number of H-pyrrole nitrogens is 1. The third kappa shape index (κ3) is 3.51. The van der Waals surface area contributed by atoms with Crippen molar-refractivity contribution < 1.29 is 4.74 Å². The molecule has 2 aliphatic heterocycles. The topological polar surface area (TPSA) is 41.2 Å². The average molecular weight is 339 g/mol. The first-order chi connectivity index (χ1) is 12.0. The molecule has 0 spiro atoms. The van der Waals surface area contributed by atoms with Crippen molar-refractivity contribution in [3.8, 4) is 11.3 Å². The summed E-state index contributed by atoms with van der Waals surface area (Å²) in [5, 5.41) is 7.93. The fraction of sp³-hybridized carbons (Fsp3) is 0.571. The van der Waals surface area contributed by atoms with Gasteiger partial charge in [0.25, 0.3) is 0 Å². The van der Waals surface area contributed by atoms with E-state index in [2.05, 4.69) is 60.1 Å². The van der Waals surface area contributed by atoms with Gasteiger partial charge in [0, 0.05) is 49.5 Å². The van der Waals surface area contributed by atoms with Crippen LogP contribution in [0.15, 0.2) is 24.3 Å². The first-order valence-corrected chi connectivity index (χ1v) is 9.48. The molecule has 1 aromatic heterocycles. The molecule has 1 atom stereocenters. The number of hydrogen-bond donors (Lipinski definition) is 1. The molecule has 0 radical (unpaired) electrons. The zero-order valence-corrected chi connectivity index (χ0v) is 15.6. The fourth-order valence-electron chi connectivity index (χ4n) is 3.97. The SMILES string of the molecule is CC(C)(C)c1ccc(-c2n[nH]c3c2CN(CC2CCOC2)CC3)cc1. The Labute approximate surface area is 150 Å². The second-order valence-electron chi connectivity index (χ2n) is 8.57. The molecule has 0 saturated carbocycles. The zero-order valence-electron chi connectivity index (χ0n) is 15.6. The summed E-state index contributed by atoms with van der Waals surface area (Å²) in [7, 11) is 0. The number of aromatic amines is 1. The quantitative estimate of drug-likeness (QED) is 0.925. The highest BCUT2D eigenvalue weighted by atomic mass is 16.5. The van der Waals surface area contributed by atoms with E-state index in [9.17, 15) is 0 Å². The highest BCUT2D eigenvalue weighted by molar-refractivity contribution is 5.64. The lowest BCUT2D eigenvalue weighted by atomic mass is 9.86. The van der Waals surface area contributed by atoms with Crippen molar-refractivity contribution in [2.24, 2.45) is 5.92 Å². The molecule has 3 heterocycles. The Bertz CT molecular complexity index is 721. The van der Waals surface area contributed by atoms with Crippen molar-refractivity contribution in [2.45, 2.75) is 45.6 Å². The van der Waals surface area contributed by atoms with E-state index >= 15 is 0 Å². The van der Waals surface area contributed by atoms with Crippen LogP contribution in [0.4, 0.5) is 0 Å². The lowest BCUT2D eigenvalue weighted by Crippen LogP contribution is -2.34. The van der Waals surface area contributed by atoms with Gasteiger partial charge in [0.2, 0.25) is 0 Å². The number of nitrogens with zero attached hydrogens (tertiary/aromatic N) is 2. The Morgan fingerprint density at radius 3 is 2.72 bits per heavy atom. The molecular formula is C21H29N3O. The van der Waals surface area contributed by atoms with Crippen LogP contribution in [0, 0.1) is 5.92 Å². The Hall–Kier alpha value is -1.65. The summed E-state index contributed by atoms with van der Waals surface area (Å²) in [6.45, 7) is 11.9. The maximum Gasteiger partial charge on any atom is 0.0968 e. The molecule has 4 nitrogen and oxygen atoms in total. The minimum absolute atomic E-state index is 0.184. The molecule has 1 N–H and O–H groups in total. The van der Waals surface area contributed by atoms with Gasteiger partial charge in [0.1, 0.15) is 0 Å². The van der Waals surface area contributed by atoms with Gasteiger partial charge in [0.15, 0.2) is 0 Å². The van der Waals surface area contributed by atoms with Gasteiger partial charge in [-0.2, -0.15) is 5.10 Å². The molecule has 0 aliphatic carbocycles. The number of aromatic nitrogens is 2. The van der Waals surface area contributed by atoms with Gasteiger partial charge in [-0.25, -0.2) is 0 Å².